The molecule has 2 rings (SSSR count). The number of benzene rings is 1. The number of hydrogen-bond donors (Lipinski definition) is 0. The molecule has 5 nitrogen and oxygen atoms in total. The van der Waals surface area contributed by atoms with E-state index in [1.165, 1.54) is 7.11 Å². The van der Waals surface area contributed by atoms with E-state index in [0.29, 0.717) is 22.4 Å². The number of aliphatic imine (C=N–C) groups is 1. The highest BCUT2D eigenvalue weighted by molar-refractivity contribution is 6.31. The number of amides is 1. The molecule has 1 aromatic rings. The quantitative estimate of drug-likeness (QED) is 0.775. The molecule has 1 heterocycles. The van der Waals surface area contributed by atoms with E-state index in [4.69, 9.17) is 21.1 Å². The van der Waals surface area contributed by atoms with Crippen LogP contribution < -0.4 is 4.74 Å². The van der Waals surface area contributed by atoms with Crippen LogP contribution in [0.1, 0.15) is 50.9 Å². The van der Waals surface area contributed by atoms with Crippen LogP contribution in [-0.4, -0.2) is 43.1 Å². The van der Waals surface area contributed by atoms with Crippen molar-refractivity contribution < 1.29 is 14.3 Å². The van der Waals surface area contributed by atoms with Gasteiger partial charge in [-0.25, -0.2) is 0 Å². The van der Waals surface area contributed by atoms with Gasteiger partial charge in [-0.1, -0.05) is 45.7 Å². The van der Waals surface area contributed by atoms with Crippen molar-refractivity contribution in [3.05, 3.63) is 28.8 Å². The maximum Gasteiger partial charge on any atom is 0.296 e. The summed E-state index contributed by atoms with van der Waals surface area (Å²) < 4.78 is 11.3. The molecule has 1 unspecified atom stereocenters. The summed E-state index contributed by atoms with van der Waals surface area (Å²) in [6.45, 7) is 10.1. The number of halogens is 1. The van der Waals surface area contributed by atoms with Crippen LogP contribution in [0.25, 0.3) is 0 Å². The molecule has 138 valence electrons. The van der Waals surface area contributed by atoms with Gasteiger partial charge >= 0.3 is 0 Å². The molecule has 0 bridgehead atoms. The van der Waals surface area contributed by atoms with Gasteiger partial charge < -0.3 is 14.4 Å². The van der Waals surface area contributed by atoms with E-state index < -0.39 is 5.91 Å². The van der Waals surface area contributed by atoms with Crippen molar-refractivity contribution in [3.63, 3.8) is 0 Å². The first-order chi connectivity index (χ1) is 11.8. The number of carbonyl (C=O) groups excluding carboxylic acids is 1. The molecular weight excluding hydrogens is 340 g/mol. The smallest absolute Gasteiger partial charge is 0.296 e. The fraction of sp³-hybridized carbons (Fsp3) is 0.579. The van der Waals surface area contributed by atoms with Crippen molar-refractivity contribution in [1.29, 1.82) is 0 Å². The summed E-state index contributed by atoms with van der Waals surface area (Å²) in [6, 6.07) is 5.30. The summed E-state index contributed by atoms with van der Waals surface area (Å²) >= 11 is 6.02. The Morgan fingerprint density at radius 3 is 2.76 bits per heavy atom. The van der Waals surface area contributed by atoms with Gasteiger partial charge in [-0.3, -0.25) is 4.79 Å². The van der Waals surface area contributed by atoms with Crippen LogP contribution in [0.4, 0.5) is 0 Å². The first-order valence-electron chi connectivity index (χ1n) is 8.64. The minimum Gasteiger partial charge on any atom is -0.496 e. The normalized spacial score (nSPS) is 19.2. The van der Waals surface area contributed by atoms with Gasteiger partial charge in [0, 0.05) is 17.0 Å². The van der Waals surface area contributed by atoms with Crippen molar-refractivity contribution in [2.45, 2.75) is 46.6 Å². The first-order valence-corrected chi connectivity index (χ1v) is 9.02. The highest BCUT2D eigenvalue weighted by Crippen LogP contribution is 2.29. The molecular formula is C19H27ClN2O3. The number of unbranched alkanes of at least 4 members (excludes halogenated alkanes) is 1. The standard InChI is InChI=1S/C19H27ClN2O3/c1-6-7-10-22-12-16(19(2,3)4)25-18(22)21-17(23)14-11-13(20)8-9-15(14)24-5/h8-9,11,16H,6-7,10,12H2,1-5H3. The fourth-order valence-corrected chi connectivity index (χ4v) is 2.77. The van der Waals surface area contributed by atoms with Crippen LogP contribution >= 0.6 is 11.6 Å². The van der Waals surface area contributed by atoms with Crippen molar-refractivity contribution in [3.8, 4) is 5.75 Å². The third-order valence-electron chi connectivity index (χ3n) is 4.24. The van der Waals surface area contributed by atoms with E-state index in [0.717, 1.165) is 25.9 Å². The van der Waals surface area contributed by atoms with Crippen LogP contribution in [0.2, 0.25) is 5.02 Å². The molecule has 0 N–H and O–H groups in total. The molecule has 1 aliphatic heterocycles. The monoisotopic (exact) mass is 366 g/mol. The van der Waals surface area contributed by atoms with Crippen LogP contribution in [0.3, 0.4) is 0 Å². The summed E-state index contributed by atoms with van der Waals surface area (Å²) in [5, 5.41) is 0.465. The van der Waals surface area contributed by atoms with Gasteiger partial charge in [-0.15, -0.1) is 0 Å². The minimum atomic E-state index is -0.412. The lowest BCUT2D eigenvalue weighted by atomic mass is 9.89. The molecule has 6 heteroatoms. The predicted molar refractivity (Wildman–Crippen MR) is 101 cm³/mol. The zero-order chi connectivity index (χ0) is 18.6. The topological polar surface area (TPSA) is 51.1 Å². The zero-order valence-electron chi connectivity index (χ0n) is 15.6. The second-order valence-electron chi connectivity index (χ2n) is 7.32. The second-order valence-corrected chi connectivity index (χ2v) is 7.75. The van der Waals surface area contributed by atoms with Gasteiger partial charge in [-0.2, -0.15) is 4.99 Å². The number of hydrogen-bond acceptors (Lipinski definition) is 3. The van der Waals surface area contributed by atoms with E-state index in [-0.39, 0.29) is 11.5 Å². The second kappa shape index (κ2) is 8.09. The predicted octanol–water partition coefficient (Wildman–Crippen LogP) is 4.39. The molecule has 1 saturated heterocycles. The molecule has 0 saturated carbocycles. The van der Waals surface area contributed by atoms with E-state index in [1.54, 1.807) is 18.2 Å². The molecule has 0 aromatic heterocycles. The van der Waals surface area contributed by atoms with Gasteiger partial charge in [0.2, 0.25) is 0 Å². The third-order valence-corrected chi connectivity index (χ3v) is 4.48. The average molecular weight is 367 g/mol. The lowest BCUT2D eigenvalue weighted by Crippen LogP contribution is -2.32. The number of nitrogens with zero attached hydrogens (tertiary/aromatic N) is 2. The molecule has 1 aliphatic rings. The largest absolute Gasteiger partial charge is 0.496 e. The average Bonchev–Trinajstić information content (AvgIpc) is 2.95. The Balaban J connectivity index is 2.29. The number of methoxy groups -OCH3 is 1. The lowest BCUT2D eigenvalue weighted by molar-refractivity contribution is 0.0962. The highest BCUT2D eigenvalue weighted by atomic mass is 35.5. The van der Waals surface area contributed by atoms with Crippen molar-refractivity contribution in [1.82, 2.24) is 4.90 Å². The first kappa shape index (κ1) is 19.6. The molecule has 1 aromatic carbocycles. The Bertz CT molecular complexity index is 653. The lowest BCUT2D eigenvalue weighted by Gasteiger charge is -2.24. The van der Waals surface area contributed by atoms with Gasteiger partial charge in [-0.05, 0) is 24.6 Å². The molecule has 1 fully saturated rings. The summed E-state index contributed by atoms with van der Waals surface area (Å²) in [5.41, 5.74) is 0.305. The summed E-state index contributed by atoms with van der Waals surface area (Å²) in [4.78, 5) is 19.0. The van der Waals surface area contributed by atoms with Crippen molar-refractivity contribution >= 4 is 23.5 Å². The fourth-order valence-electron chi connectivity index (χ4n) is 2.60. The Kier molecular flexibility index (Phi) is 6.33. The van der Waals surface area contributed by atoms with Gasteiger partial charge in [0.15, 0.2) is 0 Å². The van der Waals surface area contributed by atoms with Crippen LogP contribution in [-0.2, 0) is 4.74 Å². The molecule has 1 amide bonds. The maximum absolute atomic E-state index is 12.7. The molecule has 25 heavy (non-hydrogen) atoms. The molecule has 1 atom stereocenters. The SMILES string of the molecule is CCCCN1CC(C(C)(C)C)OC1=NC(=O)c1cc(Cl)ccc1OC. The van der Waals surface area contributed by atoms with E-state index in [2.05, 4.69) is 32.7 Å². The van der Waals surface area contributed by atoms with Gasteiger partial charge in [0.25, 0.3) is 11.9 Å². The third kappa shape index (κ3) is 4.88. The van der Waals surface area contributed by atoms with E-state index >= 15 is 0 Å². The number of amidine groups is 1. The van der Waals surface area contributed by atoms with Crippen molar-refractivity contribution in [2.75, 3.05) is 20.2 Å². The summed E-state index contributed by atoms with van der Waals surface area (Å²) in [6.07, 6.45) is 2.09. The molecule has 0 aliphatic carbocycles. The maximum atomic E-state index is 12.7. The minimum absolute atomic E-state index is 0.00263. The number of rotatable bonds is 5. The Labute approximate surface area is 155 Å². The highest BCUT2D eigenvalue weighted by Gasteiger charge is 2.37. The Hall–Kier alpha value is -1.75. The van der Waals surface area contributed by atoms with Crippen LogP contribution in [0, 0.1) is 5.41 Å². The Morgan fingerprint density at radius 2 is 2.16 bits per heavy atom. The number of ether oxygens (including phenoxy) is 2. The van der Waals surface area contributed by atoms with Crippen molar-refractivity contribution in [2.24, 2.45) is 10.4 Å². The number of carbonyl (C=O) groups is 1. The van der Waals surface area contributed by atoms with Gasteiger partial charge in [0.1, 0.15) is 11.9 Å². The summed E-state index contributed by atoms with van der Waals surface area (Å²) in [7, 11) is 1.52. The van der Waals surface area contributed by atoms with E-state index in [1.807, 2.05) is 4.90 Å². The van der Waals surface area contributed by atoms with Crippen LogP contribution in [0.5, 0.6) is 5.75 Å². The van der Waals surface area contributed by atoms with Gasteiger partial charge in [0.05, 0.1) is 19.2 Å². The van der Waals surface area contributed by atoms with E-state index in [9.17, 15) is 4.79 Å². The summed E-state index contributed by atoms with van der Waals surface area (Å²) in [5.74, 6) is 0.0367. The van der Waals surface area contributed by atoms with Crippen LogP contribution in [0.15, 0.2) is 23.2 Å². The Morgan fingerprint density at radius 1 is 1.44 bits per heavy atom. The zero-order valence-corrected chi connectivity index (χ0v) is 16.4. The molecule has 0 spiro atoms. The molecule has 0 radical (unpaired) electrons.